The van der Waals surface area contributed by atoms with Gasteiger partial charge in [0.05, 0.1) is 10.2 Å². The molecule has 1 aromatic carbocycles. The predicted octanol–water partition coefficient (Wildman–Crippen LogP) is 2.69. The average molecular weight is 430 g/mol. The Morgan fingerprint density at radius 2 is 2.00 bits per heavy atom. The van der Waals surface area contributed by atoms with Crippen molar-refractivity contribution >= 4 is 56.1 Å². The lowest BCUT2D eigenvalue weighted by atomic mass is 9.77. The summed E-state index contributed by atoms with van der Waals surface area (Å²) in [4.78, 5) is 54.2. The fourth-order valence-corrected chi connectivity index (χ4v) is 4.92. The zero-order valence-electron chi connectivity index (χ0n) is 16.8. The Kier molecular flexibility index (Phi) is 5.19. The molecule has 0 radical (unpaired) electrons. The SMILES string of the molecule is CC(=O)Nc1nc2ccc(NC(=O)CN3C(=O)NC4(CCC(C)CC4)C3=O)cc2s1. The fourth-order valence-electron chi connectivity index (χ4n) is 3.96. The quantitative estimate of drug-likeness (QED) is 0.646. The smallest absolute Gasteiger partial charge is 0.324 e. The number of thiazole rings is 1. The van der Waals surface area contributed by atoms with E-state index in [1.54, 1.807) is 18.2 Å². The van der Waals surface area contributed by atoms with Gasteiger partial charge in [-0.15, -0.1) is 0 Å². The maximum atomic E-state index is 12.9. The van der Waals surface area contributed by atoms with Crippen molar-refractivity contribution in [3.8, 4) is 0 Å². The lowest BCUT2D eigenvalue weighted by molar-refractivity contribution is -0.135. The van der Waals surface area contributed by atoms with E-state index in [9.17, 15) is 19.2 Å². The first-order valence-corrected chi connectivity index (χ1v) is 10.7. The molecule has 9 nitrogen and oxygen atoms in total. The Hall–Kier alpha value is -3.01. The van der Waals surface area contributed by atoms with Gasteiger partial charge >= 0.3 is 6.03 Å². The summed E-state index contributed by atoms with van der Waals surface area (Å²) in [6.45, 7) is 3.21. The van der Waals surface area contributed by atoms with Crippen molar-refractivity contribution < 1.29 is 19.2 Å². The first kappa shape index (κ1) is 20.3. The number of carbonyl (C=O) groups excluding carboxylic acids is 4. The summed E-state index contributed by atoms with van der Waals surface area (Å²) in [5.74, 6) is -0.440. The first-order valence-electron chi connectivity index (χ1n) is 9.88. The highest BCUT2D eigenvalue weighted by atomic mass is 32.1. The monoisotopic (exact) mass is 429 g/mol. The number of anilines is 2. The van der Waals surface area contributed by atoms with Crippen LogP contribution in [0.3, 0.4) is 0 Å². The molecular weight excluding hydrogens is 406 g/mol. The van der Waals surface area contributed by atoms with E-state index in [4.69, 9.17) is 0 Å². The number of fused-ring (bicyclic) bond motifs is 1. The van der Waals surface area contributed by atoms with Crippen molar-refractivity contribution in [1.29, 1.82) is 0 Å². The van der Waals surface area contributed by atoms with E-state index in [0.29, 0.717) is 35.1 Å². The molecule has 0 unspecified atom stereocenters. The van der Waals surface area contributed by atoms with Gasteiger partial charge in [0.15, 0.2) is 5.13 Å². The molecule has 0 atom stereocenters. The third-order valence-electron chi connectivity index (χ3n) is 5.63. The minimum atomic E-state index is -0.856. The van der Waals surface area contributed by atoms with Gasteiger partial charge in [-0.05, 0) is 49.8 Å². The van der Waals surface area contributed by atoms with E-state index in [1.807, 2.05) is 0 Å². The molecular formula is C20H23N5O4S. The summed E-state index contributed by atoms with van der Waals surface area (Å²) < 4.78 is 0.793. The van der Waals surface area contributed by atoms with E-state index in [2.05, 4.69) is 27.9 Å². The van der Waals surface area contributed by atoms with Crippen molar-refractivity contribution in [3.05, 3.63) is 18.2 Å². The third kappa shape index (κ3) is 3.87. The lowest BCUT2D eigenvalue weighted by Crippen LogP contribution is -2.49. The number of urea groups is 1. The van der Waals surface area contributed by atoms with Gasteiger partial charge < -0.3 is 16.0 Å². The zero-order chi connectivity index (χ0) is 21.5. The topological polar surface area (TPSA) is 120 Å². The average Bonchev–Trinajstić information content (AvgIpc) is 3.17. The van der Waals surface area contributed by atoms with Crippen LogP contribution in [-0.4, -0.2) is 45.7 Å². The van der Waals surface area contributed by atoms with E-state index in [0.717, 1.165) is 22.4 Å². The van der Waals surface area contributed by atoms with Crippen molar-refractivity contribution in [3.63, 3.8) is 0 Å². The van der Waals surface area contributed by atoms with E-state index < -0.39 is 17.5 Å². The van der Waals surface area contributed by atoms with E-state index in [1.165, 1.54) is 18.3 Å². The van der Waals surface area contributed by atoms with Crippen LogP contribution < -0.4 is 16.0 Å². The summed E-state index contributed by atoms with van der Waals surface area (Å²) in [5.41, 5.74) is 0.369. The van der Waals surface area contributed by atoms with Crippen LogP contribution in [0.1, 0.15) is 39.5 Å². The number of nitrogens with one attached hydrogen (secondary N) is 3. The van der Waals surface area contributed by atoms with Gasteiger partial charge in [-0.1, -0.05) is 18.3 Å². The molecule has 1 spiro atoms. The number of hydrogen-bond donors (Lipinski definition) is 3. The van der Waals surface area contributed by atoms with Gasteiger partial charge in [-0.3, -0.25) is 19.3 Å². The van der Waals surface area contributed by atoms with Crippen LogP contribution in [0, 0.1) is 5.92 Å². The second kappa shape index (κ2) is 7.67. The third-order valence-corrected chi connectivity index (χ3v) is 6.56. The van der Waals surface area contributed by atoms with Crippen molar-refractivity contribution in [2.24, 2.45) is 5.92 Å². The predicted molar refractivity (Wildman–Crippen MR) is 113 cm³/mol. The van der Waals surface area contributed by atoms with Crippen LogP contribution in [0.2, 0.25) is 0 Å². The summed E-state index contributed by atoms with van der Waals surface area (Å²) in [5, 5.41) is 8.66. The molecule has 2 aromatic rings. The molecule has 3 N–H and O–H groups in total. The highest BCUT2D eigenvalue weighted by Crippen LogP contribution is 2.36. The molecule has 158 valence electrons. The molecule has 4 rings (SSSR count). The number of hydrogen-bond acceptors (Lipinski definition) is 6. The molecule has 2 aliphatic rings. The minimum absolute atomic E-state index is 0.207. The van der Waals surface area contributed by atoms with E-state index in [-0.39, 0.29) is 18.4 Å². The molecule has 2 fully saturated rings. The number of carbonyl (C=O) groups is 4. The molecule has 1 aliphatic heterocycles. The van der Waals surface area contributed by atoms with Crippen LogP contribution in [0.25, 0.3) is 10.2 Å². The molecule has 1 saturated carbocycles. The van der Waals surface area contributed by atoms with Gasteiger partial charge in [0.2, 0.25) is 11.8 Å². The van der Waals surface area contributed by atoms with Crippen LogP contribution in [-0.2, 0) is 14.4 Å². The van der Waals surface area contributed by atoms with Crippen LogP contribution in [0.15, 0.2) is 18.2 Å². The summed E-state index contributed by atoms with van der Waals surface area (Å²) in [6.07, 6.45) is 2.97. The maximum absolute atomic E-state index is 12.9. The Morgan fingerprint density at radius 3 is 2.70 bits per heavy atom. The number of amides is 5. The van der Waals surface area contributed by atoms with Gasteiger partial charge in [-0.2, -0.15) is 0 Å². The molecule has 1 aromatic heterocycles. The van der Waals surface area contributed by atoms with E-state index >= 15 is 0 Å². The normalized spacial score (nSPS) is 23.7. The summed E-state index contributed by atoms with van der Waals surface area (Å²) in [6, 6.07) is 4.65. The first-order chi connectivity index (χ1) is 14.3. The Balaban J connectivity index is 1.42. The second-order valence-electron chi connectivity index (χ2n) is 8.02. The zero-order valence-corrected chi connectivity index (χ0v) is 17.6. The number of benzene rings is 1. The molecule has 10 heteroatoms. The van der Waals surface area contributed by atoms with Gasteiger partial charge in [0.25, 0.3) is 5.91 Å². The van der Waals surface area contributed by atoms with Crippen LogP contribution in [0.4, 0.5) is 15.6 Å². The maximum Gasteiger partial charge on any atom is 0.325 e. The molecule has 1 aliphatic carbocycles. The lowest BCUT2D eigenvalue weighted by Gasteiger charge is -2.33. The second-order valence-corrected chi connectivity index (χ2v) is 9.05. The van der Waals surface area contributed by atoms with Crippen molar-refractivity contribution in [1.82, 2.24) is 15.2 Å². The van der Waals surface area contributed by atoms with Crippen molar-refractivity contribution in [2.45, 2.75) is 45.1 Å². The Morgan fingerprint density at radius 1 is 1.27 bits per heavy atom. The Labute approximate surface area is 177 Å². The number of aromatic nitrogens is 1. The molecule has 1 saturated heterocycles. The molecule has 2 heterocycles. The number of nitrogens with zero attached hydrogens (tertiary/aromatic N) is 2. The molecule has 5 amide bonds. The Bertz CT molecular complexity index is 1040. The van der Waals surface area contributed by atoms with Gasteiger partial charge in [0, 0.05) is 12.6 Å². The van der Waals surface area contributed by atoms with Crippen LogP contribution in [0.5, 0.6) is 0 Å². The summed E-state index contributed by atoms with van der Waals surface area (Å²) in [7, 11) is 0. The van der Waals surface area contributed by atoms with Crippen molar-refractivity contribution in [2.75, 3.05) is 17.2 Å². The van der Waals surface area contributed by atoms with Gasteiger partial charge in [-0.25, -0.2) is 9.78 Å². The highest BCUT2D eigenvalue weighted by molar-refractivity contribution is 7.22. The molecule has 30 heavy (non-hydrogen) atoms. The number of imide groups is 1. The highest BCUT2D eigenvalue weighted by Gasteiger charge is 2.52. The fraction of sp³-hybridized carbons (Fsp3) is 0.450. The summed E-state index contributed by atoms with van der Waals surface area (Å²) >= 11 is 1.29. The largest absolute Gasteiger partial charge is 0.325 e. The standard InChI is InChI=1S/C20H23N5O4S/c1-11-5-7-20(8-6-11)17(28)25(19(29)24-20)10-16(27)22-13-3-4-14-15(9-13)30-18(23-14)21-12(2)26/h3-4,9,11H,5-8,10H2,1-2H3,(H,22,27)(H,24,29)(H,21,23,26). The molecule has 0 bridgehead atoms. The van der Waals surface area contributed by atoms with Crippen LogP contribution >= 0.6 is 11.3 Å². The number of rotatable bonds is 4. The minimum Gasteiger partial charge on any atom is -0.324 e. The van der Waals surface area contributed by atoms with Gasteiger partial charge in [0.1, 0.15) is 12.1 Å².